The molecule has 0 unspecified atom stereocenters. The quantitative estimate of drug-likeness (QED) is 0.274. The average Bonchev–Trinajstić information content (AvgIpc) is 2.94. The second-order valence-electron chi connectivity index (χ2n) is 8.40. The molecule has 0 atom stereocenters. The van der Waals surface area contributed by atoms with Crippen molar-refractivity contribution >= 4 is 33.2 Å². The highest BCUT2D eigenvalue weighted by Gasteiger charge is 2.12. The second kappa shape index (κ2) is 9.29. The van der Waals surface area contributed by atoms with Crippen molar-refractivity contribution in [2.24, 2.45) is 0 Å². The summed E-state index contributed by atoms with van der Waals surface area (Å²) >= 11 is 0. The summed E-state index contributed by atoms with van der Waals surface area (Å²) in [7, 11) is 0. The average molecular weight is 482 g/mol. The van der Waals surface area contributed by atoms with Gasteiger partial charge in [0.1, 0.15) is 22.9 Å². The lowest BCUT2D eigenvalue weighted by atomic mass is 10.0. The van der Waals surface area contributed by atoms with E-state index in [1.807, 2.05) is 60.7 Å². The molecule has 0 bridgehead atoms. The summed E-state index contributed by atoms with van der Waals surface area (Å²) in [4.78, 5) is 4.34. The van der Waals surface area contributed by atoms with Gasteiger partial charge in [0.05, 0.1) is 17.1 Å². The van der Waals surface area contributed by atoms with Crippen LogP contribution in [0.5, 0.6) is 17.2 Å². The molecule has 2 aromatic heterocycles. The lowest BCUT2D eigenvalue weighted by Crippen LogP contribution is -1.99. The molecule has 0 aliphatic heterocycles. The highest BCUT2D eigenvalue weighted by Crippen LogP contribution is 2.33. The van der Waals surface area contributed by atoms with Crippen molar-refractivity contribution in [1.82, 2.24) is 15.2 Å². The van der Waals surface area contributed by atoms with Crippen molar-refractivity contribution in [3.05, 3.63) is 109 Å². The van der Waals surface area contributed by atoms with Crippen LogP contribution in [0.3, 0.4) is 0 Å². The summed E-state index contributed by atoms with van der Waals surface area (Å²) in [6.07, 6.45) is 1.67. The van der Waals surface area contributed by atoms with E-state index in [-0.39, 0.29) is 5.75 Å². The Bertz CT molecular complexity index is 1810. The lowest BCUT2D eigenvalue weighted by Gasteiger charge is -2.12. The van der Waals surface area contributed by atoms with E-state index in [0.29, 0.717) is 34.1 Å². The van der Waals surface area contributed by atoms with Crippen LogP contribution in [-0.2, 0) is 0 Å². The predicted octanol–water partition coefficient (Wildman–Crippen LogP) is 6.96. The van der Waals surface area contributed by atoms with Gasteiger partial charge in [-0.15, -0.1) is 10.2 Å². The molecule has 7 heteroatoms. The number of aromatic hydroxyl groups is 1. The largest absolute Gasteiger partial charge is 0.508 e. The van der Waals surface area contributed by atoms with E-state index in [1.54, 1.807) is 42.6 Å². The first-order valence-electron chi connectivity index (χ1n) is 11.6. The molecule has 2 heterocycles. The molecule has 0 saturated carbocycles. The highest BCUT2D eigenvalue weighted by molar-refractivity contribution is 6.01. The number of ether oxygens (including phenoxy) is 1. The van der Waals surface area contributed by atoms with Gasteiger partial charge in [0.2, 0.25) is 0 Å². The normalized spacial score (nSPS) is 10.8. The van der Waals surface area contributed by atoms with E-state index < -0.39 is 0 Å². The molecule has 6 aromatic rings. The maximum atomic E-state index is 9.90. The second-order valence-corrected chi connectivity index (χ2v) is 8.40. The Balaban J connectivity index is 1.27. The monoisotopic (exact) mass is 481 g/mol. The summed E-state index contributed by atoms with van der Waals surface area (Å²) in [5, 5.41) is 34.0. The number of nitrogens with one attached hydrogen (secondary N) is 1. The summed E-state index contributed by atoms with van der Waals surface area (Å²) in [5.41, 5.74) is 3.58. The molecule has 176 valence electrons. The topological polar surface area (TPSA) is 104 Å². The van der Waals surface area contributed by atoms with Crippen LogP contribution in [0.25, 0.3) is 32.9 Å². The van der Waals surface area contributed by atoms with Gasteiger partial charge in [0.25, 0.3) is 0 Å². The maximum absolute atomic E-state index is 9.90. The van der Waals surface area contributed by atoms with Crippen molar-refractivity contribution in [2.75, 3.05) is 5.32 Å². The van der Waals surface area contributed by atoms with Crippen LogP contribution in [0, 0.1) is 11.3 Å². The first-order valence-corrected chi connectivity index (χ1v) is 11.6. The molecule has 0 saturated heterocycles. The molecule has 2 N–H and O–H groups in total. The minimum atomic E-state index is 0.180. The Labute approximate surface area is 212 Å². The van der Waals surface area contributed by atoms with E-state index >= 15 is 0 Å². The first kappa shape index (κ1) is 22.0. The van der Waals surface area contributed by atoms with Crippen LogP contribution in [0.4, 0.5) is 11.5 Å². The Hall–Kier alpha value is -5.48. The Morgan fingerprint density at radius 1 is 0.784 bits per heavy atom. The zero-order chi connectivity index (χ0) is 25.2. The van der Waals surface area contributed by atoms with Gasteiger partial charge in [-0.25, -0.2) is 0 Å². The summed E-state index contributed by atoms with van der Waals surface area (Å²) < 4.78 is 6.12. The third-order valence-corrected chi connectivity index (χ3v) is 5.98. The van der Waals surface area contributed by atoms with E-state index in [0.717, 1.165) is 27.4 Å². The molecule has 0 aliphatic carbocycles. The van der Waals surface area contributed by atoms with E-state index in [4.69, 9.17) is 10.00 Å². The number of pyridine rings is 1. The molecule has 6 rings (SSSR count). The number of phenols is 1. The SMILES string of the molecule is N#Cc1ccc2c(Oc3ccc(Nc4nnc(-c5cccc(O)c5)c5ccccc45)cc3)ccnc2c1. The van der Waals surface area contributed by atoms with Gasteiger partial charge in [-0.3, -0.25) is 4.98 Å². The van der Waals surface area contributed by atoms with Crippen molar-refractivity contribution in [1.29, 1.82) is 5.26 Å². The number of benzene rings is 4. The van der Waals surface area contributed by atoms with E-state index in [1.165, 1.54) is 0 Å². The Kier molecular flexibility index (Phi) is 5.52. The number of rotatable bonds is 5. The molecule has 7 nitrogen and oxygen atoms in total. The van der Waals surface area contributed by atoms with Crippen LogP contribution in [0.1, 0.15) is 5.56 Å². The number of nitriles is 1. The van der Waals surface area contributed by atoms with Crippen molar-refractivity contribution < 1.29 is 9.84 Å². The van der Waals surface area contributed by atoms with Gasteiger partial charge in [-0.1, -0.05) is 36.4 Å². The third kappa shape index (κ3) is 4.35. The summed E-state index contributed by atoms with van der Waals surface area (Å²) in [6.45, 7) is 0. The molecular weight excluding hydrogens is 462 g/mol. The van der Waals surface area contributed by atoms with Gasteiger partial charge in [0, 0.05) is 33.6 Å². The molecule has 0 amide bonds. The number of nitrogens with zero attached hydrogens (tertiary/aromatic N) is 4. The first-order chi connectivity index (χ1) is 18.2. The number of anilines is 2. The standard InChI is InChI=1S/C30H19N5O2/c31-18-19-8-13-26-27(16-19)32-15-14-28(26)37-23-11-9-21(10-12-23)33-30-25-7-2-1-6-24(25)29(34-35-30)20-4-3-5-22(36)17-20/h1-17,36H,(H,33,35). The number of aromatic nitrogens is 3. The van der Waals surface area contributed by atoms with Gasteiger partial charge >= 0.3 is 0 Å². The Morgan fingerprint density at radius 2 is 1.62 bits per heavy atom. The summed E-state index contributed by atoms with van der Waals surface area (Å²) in [6, 6.07) is 31.7. The predicted molar refractivity (Wildman–Crippen MR) is 143 cm³/mol. The van der Waals surface area contributed by atoms with Crippen molar-refractivity contribution in [2.45, 2.75) is 0 Å². The molecule has 0 spiro atoms. The smallest absolute Gasteiger partial charge is 0.161 e. The van der Waals surface area contributed by atoms with Crippen LogP contribution < -0.4 is 10.1 Å². The fourth-order valence-electron chi connectivity index (χ4n) is 4.21. The third-order valence-electron chi connectivity index (χ3n) is 5.98. The number of phenolic OH excluding ortho intramolecular Hbond substituents is 1. The summed E-state index contributed by atoms with van der Waals surface area (Å²) in [5.74, 6) is 2.13. The molecular formula is C30H19N5O2. The minimum absolute atomic E-state index is 0.180. The number of hydrogen-bond donors (Lipinski definition) is 2. The van der Waals surface area contributed by atoms with Crippen LogP contribution in [0.15, 0.2) is 103 Å². The minimum Gasteiger partial charge on any atom is -0.508 e. The molecule has 0 aliphatic rings. The van der Waals surface area contributed by atoms with Gasteiger partial charge in [-0.05, 0) is 60.7 Å². The number of hydrogen-bond acceptors (Lipinski definition) is 7. The Morgan fingerprint density at radius 3 is 2.43 bits per heavy atom. The van der Waals surface area contributed by atoms with Gasteiger partial charge in [0.15, 0.2) is 5.82 Å². The zero-order valence-electron chi connectivity index (χ0n) is 19.5. The van der Waals surface area contributed by atoms with E-state index in [9.17, 15) is 5.11 Å². The van der Waals surface area contributed by atoms with Crippen LogP contribution >= 0.6 is 0 Å². The lowest BCUT2D eigenvalue weighted by molar-refractivity contribution is 0.475. The van der Waals surface area contributed by atoms with Crippen LogP contribution in [-0.4, -0.2) is 20.3 Å². The van der Waals surface area contributed by atoms with E-state index in [2.05, 4.69) is 26.6 Å². The van der Waals surface area contributed by atoms with Gasteiger partial charge < -0.3 is 15.2 Å². The number of fused-ring (bicyclic) bond motifs is 2. The van der Waals surface area contributed by atoms with Crippen LogP contribution in [0.2, 0.25) is 0 Å². The fourth-order valence-corrected chi connectivity index (χ4v) is 4.21. The molecule has 0 fully saturated rings. The highest BCUT2D eigenvalue weighted by atomic mass is 16.5. The van der Waals surface area contributed by atoms with Gasteiger partial charge in [-0.2, -0.15) is 5.26 Å². The molecule has 0 radical (unpaired) electrons. The zero-order valence-corrected chi connectivity index (χ0v) is 19.5. The molecule has 4 aromatic carbocycles. The fraction of sp³-hybridized carbons (Fsp3) is 0. The maximum Gasteiger partial charge on any atom is 0.161 e. The van der Waals surface area contributed by atoms with Crippen molar-refractivity contribution in [3.8, 4) is 34.6 Å². The van der Waals surface area contributed by atoms with Crippen molar-refractivity contribution in [3.63, 3.8) is 0 Å². The molecule has 37 heavy (non-hydrogen) atoms.